The van der Waals surface area contributed by atoms with Crippen LogP contribution in [0.25, 0.3) is 0 Å². The molecule has 5 nitrogen and oxygen atoms in total. The summed E-state index contributed by atoms with van der Waals surface area (Å²) >= 11 is 1.34. The first-order valence-electron chi connectivity index (χ1n) is 7.23. The van der Waals surface area contributed by atoms with Gasteiger partial charge in [0, 0.05) is 26.2 Å². The van der Waals surface area contributed by atoms with Crippen LogP contribution in [0.15, 0.2) is 29.3 Å². The third kappa shape index (κ3) is 3.68. The van der Waals surface area contributed by atoms with Crippen molar-refractivity contribution >= 4 is 34.4 Å². The summed E-state index contributed by atoms with van der Waals surface area (Å²) in [6.07, 6.45) is 0.152. The number of aliphatic imine (C=N–C) groups is 1. The maximum Gasteiger partial charge on any atom is 0.242 e. The molecule has 2 amide bonds. The molecule has 1 aromatic carbocycles. The van der Waals surface area contributed by atoms with Crippen molar-refractivity contribution in [3.05, 3.63) is 29.8 Å². The number of hydrogen-bond acceptors (Lipinski definition) is 4. The van der Waals surface area contributed by atoms with Gasteiger partial charge in [0.2, 0.25) is 11.8 Å². The van der Waals surface area contributed by atoms with Gasteiger partial charge in [-0.2, -0.15) is 0 Å². The molecule has 2 rings (SSSR count). The van der Waals surface area contributed by atoms with E-state index < -0.39 is 5.25 Å². The molecular weight excluding hydrogens is 298 g/mol. The summed E-state index contributed by atoms with van der Waals surface area (Å²) in [5.41, 5.74) is 1.98. The highest BCUT2D eigenvalue weighted by atomic mass is 32.2. The minimum Gasteiger partial charge on any atom is -0.326 e. The minimum atomic E-state index is -0.390. The van der Waals surface area contributed by atoms with E-state index in [1.807, 2.05) is 24.3 Å². The molecule has 0 aliphatic carbocycles. The molecule has 1 heterocycles. The third-order valence-corrected chi connectivity index (χ3v) is 4.88. The zero-order valence-electron chi connectivity index (χ0n) is 13.3. The molecule has 0 bridgehead atoms. The Kier molecular flexibility index (Phi) is 5.24. The number of nitrogens with zero attached hydrogens (tertiary/aromatic N) is 2. The second kappa shape index (κ2) is 6.96. The van der Waals surface area contributed by atoms with Crippen molar-refractivity contribution < 1.29 is 9.59 Å². The molecule has 1 aliphatic rings. The number of benzene rings is 1. The van der Waals surface area contributed by atoms with Crippen LogP contribution >= 0.6 is 11.8 Å². The van der Waals surface area contributed by atoms with Crippen molar-refractivity contribution in [2.75, 3.05) is 19.4 Å². The molecule has 1 atom stereocenters. The second-order valence-electron chi connectivity index (χ2n) is 5.54. The number of thioether (sulfide) groups is 1. The third-order valence-electron chi connectivity index (χ3n) is 3.56. The maximum absolute atomic E-state index is 12.1. The van der Waals surface area contributed by atoms with Gasteiger partial charge in [0.15, 0.2) is 5.17 Å². The normalized spacial score (nSPS) is 20.0. The average Bonchev–Trinajstić information content (AvgIpc) is 2.75. The molecule has 1 N–H and O–H groups in total. The van der Waals surface area contributed by atoms with E-state index in [2.05, 4.69) is 24.2 Å². The number of amidine groups is 1. The Morgan fingerprint density at radius 3 is 2.50 bits per heavy atom. The second-order valence-corrected chi connectivity index (χ2v) is 6.71. The van der Waals surface area contributed by atoms with Crippen LogP contribution in [0.3, 0.4) is 0 Å². The van der Waals surface area contributed by atoms with E-state index in [1.165, 1.54) is 22.2 Å². The number of amides is 2. The molecule has 1 saturated heterocycles. The Hall–Kier alpha value is -1.82. The SMILES string of the molecule is CN=C1S[C@@H](CC(=O)Nc2ccc(C(C)C)cc2)C(=O)N1C. The molecule has 6 heteroatoms. The topological polar surface area (TPSA) is 61.8 Å². The molecule has 1 aliphatic heterocycles. The van der Waals surface area contributed by atoms with E-state index in [0.717, 1.165) is 5.69 Å². The fourth-order valence-corrected chi connectivity index (χ4v) is 3.33. The molecule has 1 aromatic rings. The summed E-state index contributed by atoms with van der Waals surface area (Å²) < 4.78 is 0. The lowest BCUT2D eigenvalue weighted by Crippen LogP contribution is -2.30. The van der Waals surface area contributed by atoms with Crippen LogP contribution in [0.1, 0.15) is 31.7 Å². The van der Waals surface area contributed by atoms with Gasteiger partial charge in [-0.25, -0.2) is 0 Å². The number of anilines is 1. The largest absolute Gasteiger partial charge is 0.326 e. The van der Waals surface area contributed by atoms with Crippen molar-refractivity contribution in [2.45, 2.75) is 31.4 Å². The van der Waals surface area contributed by atoms with Crippen molar-refractivity contribution in [1.82, 2.24) is 4.90 Å². The van der Waals surface area contributed by atoms with E-state index in [1.54, 1.807) is 14.1 Å². The first-order chi connectivity index (χ1) is 10.4. The highest BCUT2D eigenvalue weighted by Gasteiger charge is 2.36. The van der Waals surface area contributed by atoms with E-state index in [9.17, 15) is 9.59 Å². The van der Waals surface area contributed by atoms with Crippen LogP contribution in [-0.4, -0.2) is 41.2 Å². The molecule has 22 heavy (non-hydrogen) atoms. The standard InChI is InChI=1S/C16H21N3O2S/c1-10(2)11-5-7-12(8-6-11)18-14(20)9-13-15(21)19(4)16(17-3)22-13/h5-8,10,13H,9H2,1-4H3,(H,18,20)/t13-/m0/s1. The molecule has 0 saturated carbocycles. The van der Waals surface area contributed by atoms with Gasteiger partial charge in [0.05, 0.1) is 0 Å². The highest BCUT2D eigenvalue weighted by Crippen LogP contribution is 2.28. The van der Waals surface area contributed by atoms with Gasteiger partial charge in [-0.3, -0.25) is 19.5 Å². The Bertz CT molecular complexity index is 596. The van der Waals surface area contributed by atoms with Gasteiger partial charge in [-0.05, 0) is 23.6 Å². The van der Waals surface area contributed by atoms with Crippen LogP contribution in [0.5, 0.6) is 0 Å². The Morgan fingerprint density at radius 1 is 1.36 bits per heavy atom. The van der Waals surface area contributed by atoms with Crippen molar-refractivity contribution in [1.29, 1.82) is 0 Å². The lowest BCUT2D eigenvalue weighted by Gasteiger charge is -2.10. The first kappa shape index (κ1) is 16.5. The van der Waals surface area contributed by atoms with Gasteiger partial charge in [-0.15, -0.1) is 0 Å². The fraction of sp³-hybridized carbons (Fsp3) is 0.438. The zero-order valence-corrected chi connectivity index (χ0v) is 14.1. The summed E-state index contributed by atoms with van der Waals surface area (Å²) in [4.78, 5) is 29.7. The van der Waals surface area contributed by atoms with Crippen LogP contribution in [0.2, 0.25) is 0 Å². The van der Waals surface area contributed by atoms with Gasteiger partial charge in [-0.1, -0.05) is 37.7 Å². The Labute approximate surface area is 135 Å². The lowest BCUT2D eigenvalue weighted by molar-refractivity contribution is -0.127. The number of carbonyl (C=O) groups is 2. The van der Waals surface area contributed by atoms with E-state index in [4.69, 9.17) is 0 Å². The summed E-state index contributed by atoms with van der Waals surface area (Å²) in [5.74, 6) is 0.226. The minimum absolute atomic E-state index is 0.0732. The number of nitrogens with one attached hydrogen (secondary N) is 1. The molecule has 0 aromatic heterocycles. The van der Waals surface area contributed by atoms with Gasteiger partial charge < -0.3 is 5.32 Å². The van der Waals surface area contributed by atoms with Crippen LogP contribution < -0.4 is 5.32 Å². The van der Waals surface area contributed by atoms with Crippen LogP contribution in [0.4, 0.5) is 5.69 Å². The first-order valence-corrected chi connectivity index (χ1v) is 8.11. The molecule has 118 valence electrons. The van der Waals surface area contributed by atoms with Crippen LogP contribution in [-0.2, 0) is 9.59 Å². The number of hydrogen-bond donors (Lipinski definition) is 1. The summed E-state index contributed by atoms with van der Waals surface area (Å²) in [6, 6.07) is 7.79. The number of rotatable bonds is 4. The van der Waals surface area contributed by atoms with E-state index in [-0.39, 0.29) is 18.2 Å². The molecule has 0 unspecified atom stereocenters. The quantitative estimate of drug-likeness (QED) is 0.928. The molecule has 0 spiro atoms. The molecule has 1 fully saturated rings. The molecular formula is C16H21N3O2S. The summed E-state index contributed by atoms with van der Waals surface area (Å²) in [7, 11) is 3.32. The Balaban J connectivity index is 1.95. The average molecular weight is 319 g/mol. The monoisotopic (exact) mass is 319 g/mol. The highest BCUT2D eigenvalue weighted by molar-refractivity contribution is 8.15. The van der Waals surface area contributed by atoms with E-state index >= 15 is 0 Å². The zero-order chi connectivity index (χ0) is 16.3. The number of carbonyl (C=O) groups excluding carboxylic acids is 2. The predicted octanol–water partition coefficient (Wildman–Crippen LogP) is 2.70. The Morgan fingerprint density at radius 2 is 2.00 bits per heavy atom. The van der Waals surface area contributed by atoms with E-state index in [0.29, 0.717) is 11.1 Å². The van der Waals surface area contributed by atoms with Crippen molar-refractivity contribution in [2.24, 2.45) is 4.99 Å². The van der Waals surface area contributed by atoms with Gasteiger partial charge in [0.1, 0.15) is 5.25 Å². The van der Waals surface area contributed by atoms with Crippen LogP contribution in [0, 0.1) is 0 Å². The smallest absolute Gasteiger partial charge is 0.242 e. The molecule has 0 radical (unpaired) electrons. The summed E-state index contributed by atoms with van der Waals surface area (Å²) in [5, 5.41) is 3.11. The van der Waals surface area contributed by atoms with Crippen molar-refractivity contribution in [3.8, 4) is 0 Å². The van der Waals surface area contributed by atoms with Gasteiger partial charge >= 0.3 is 0 Å². The fourth-order valence-electron chi connectivity index (χ4n) is 2.23. The predicted molar refractivity (Wildman–Crippen MR) is 91.3 cm³/mol. The van der Waals surface area contributed by atoms with Gasteiger partial charge in [0.25, 0.3) is 0 Å². The summed E-state index contributed by atoms with van der Waals surface area (Å²) in [6.45, 7) is 4.25. The lowest BCUT2D eigenvalue weighted by atomic mass is 10.0. The van der Waals surface area contributed by atoms with Crippen molar-refractivity contribution in [3.63, 3.8) is 0 Å². The maximum atomic E-state index is 12.1.